The van der Waals surface area contributed by atoms with Crippen molar-refractivity contribution < 1.29 is 9.59 Å². The molecule has 0 aliphatic heterocycles. The Morgan fingerprint density at radius 3 is 2.49 bits per heavy atom. The minimum absolute atomic E-state index is 0.214. The van der Waals surface area contributed by atoms with Crippen molar-refractivity contribution in [3.63, 3.8) is 0 Å². The molecule has 37 heavy (non-hydrogen) atoms. The van der Waals surface area contributed by atoms with Gasteiger partial charge in [0.2, 0.25) is 5.91 Å². The van der Waals surface area contributed by atoms with Gasteiger partial charge in [-0.1, -0.05) is 6.07 Å². The summed E-state index contributed by atoms with van der Waals surface area (Å²) in [6, 6.07) is 16.6. The van der Waals surface area contributed by atoms with Crippen LogP contribution in [0.25, 0.3) is 22.6 Å². The summed E-state index contributed by atoms with van der Waals surface area (Å²) in [6.07, 6.45) is 6.35. The van der Waals surface area contributed by atoms with E-state index in [1.54, 1.807) is 48.9 Å². The molecule has 0 bridgehead atoms. The quantitative estimate of drug-likeness (QED) is 0.402. The van der Waals surface area contributed by atoms with Crippen molar-refractivity contribution in [1.29, 1.82) is 5.26 Å². The Labute approximate surface area is 213 Å². The van der Waals surface area contributed by atoms with Crippen molar-refractivity contribution in [2.45, 2.75) is 32.1 Å². The standard InChI is InChI=1S/C28H23N7O2/c1-17-3-4-21(34-27(37)20-6-10-30-24(13-20)28(16-29)8-9-28)15-22(17)23-7-12-32-26(35-23)19-5-11-31-25(14-19)33-18(2)36/h3-7,10-15H,8-9H2,1-2H3,(H,34,37)(H,31,33,36). The fourth-order valence-corrected chi connectivity index (χ4v) is 4.03. The Bertz CT molecular complexity index is 1570. The summed E-state index contributed by atoms with van der Waals surface area (Å²) in [4.78, 5) is 41.9. The highest BCUT2D eigenvalue weighted by atomic mass is 16.2. The molecule has 182 valence electrons. The summed E-state index contributed by atoms with van der Waals surface area (Å²) < 4.78 is 0. The van der Waals surface area contributed by atoms with E-state index >= 15 is 0 Å². The van der Waals surface area contributed by atoms with Crippen LogP contribution < -0.4 is 10.6 Å². The van der Waals surface area contributed by atoms with E-state index in [0.29, 0.717) is 39.8 Å². The number of carbonyl (C=O) groups excluding carboxylic acids is 2. The van der Waals surface area contributed by atoms with Crippen molar-refractivity contribution >= 4 is 23.3 Å². The minimum Gasteiger partial charge on any atom is -0.322 e. The smallest absolute Gasteiger partial charge is 0.255 e. The summed E-state index contributed by atoms with van der Waals surface area (Å²) in [6.45, 7) is 3.39. The highest BCUT2D eigenvalue weighted by molar-refractivity contribution is 6.04. The van der Waals surface area contributed by atoms with Crippen molar-refractivity contribution in [2.24, 2.45) is 0 Å². The fourth-order valence-electron chi connectivity index (χ4n) is 4.03. The zero-order chi connectivity index (χ0) is 26.0. The number of benzene rings is 1. The number of hydrogen-bond donors (Lipinski definition) is 2. The first-order chi connectivity index (χ1) is 17.9. The number of nitriles is 1. The van der Waals surface area contributed by atoms with Crippen LogP contribution in [0.4, 0.5) is 11.5 Å². The number of nitrogens with one attached hydrogen (secondary N) is 2. The average molecular weight is 490 g/mol. The Balaban J connectivity index is 1.40. The van der Waals surface area contributed by atoms with E-state index in [9.17, 15) is 14.9 Å². The van der Waals surface area contributed by atoms with Crippen molar-refractivity contribution in [3.05, 3.63) is 83.9 Å². The lowest BCUT2D eigenvalue weighted by atomic mass is 10.0. The van der Waals surface area contributed by atoms with Gasteiger partial charge in [-0.25, -0.2) is 15.0 Å². The Morgan fingerprint density at radius 1 is 0.946 bits per heavy atom. The predicted molar refractivity (Wildman–Crippen MR) is 138 cm³/mol. The number of aromatic nitrogens is 4. The van der Waals surface area contributed by atoms with Gasteiger partial charge in [0.15, 0.2) is 5.82 Å². The molecular formula is C28H23N7O2. The van der Waals surface area contributed by atoms with Gasteiger partial charge >= 0.3 is 0 Å². The molecule has 0 saturated heterocycles. The molecule has 3 heterocycles. The van der Waals surface area contributed by atoms with Gasteiger partial charge in [0.25, 0.3) is 5.91 Å². The monoisotopic (exact) mass is 489 g/mol. The lowest BCUT2D eigenvalue weighted by Gasteiger charge is -2.12. The number of carbonyl (C=O) groups is 2. The largest absolute Gasteiger partial charge is 0.322 e. The van der Waals surface area contributed by atoms with Gasteiger partial charge in [0.05, 0.1) is 22.9 Å². The fraction of sp³-hybridized carbons (Fsp3) is 0.179. The summed E-state index contributed by atoms with van der Waals surface area (Å²) >= 11 is 0. The molecule has 5 rings (SSSR count). The zero-order valence-electron chi connectivity index (χ0n) is 20.3. The zero-order valence-corrected chi connectivity index (χ0v) is 20.3. The van der Waals surface area contributed by atoms with E-state index in [1.165, 1.54) is 6.92 Å². The normalized spacial score (nSPS) is 13.3. The first kappa shape index (κ1) is 23.8. The maximum absolute atomic E-state index is 13.0. The number of hydrogen-bond acceptors (Lipinski definition) is 7. The topological polar surface area (TPSA) is 134 Å². The molecule has 4 aromatic rings. The van der Waals surface area contributed by atoms with Crippen LogP contribution in [0.2, 0.25) is 0 Å². The van der Waals surface area contributed by atoms with Crippen LogP contribution >= 0.6 is 0 Å². The van der Waals surface area contributed by atoms with Crippen molar-refractivity contribution in [2.75, 3.05) is 10.6 Å². The second-order valence-electron chi connectivity index (χ2n) is 8.98. The van der Waals surface area contributed by atoms with Gasteiger partial charge in [-0.15, -0.1) is 0 Å². The van der Waals surface area contributed by atoms with E-state index in [4.69, 9.17) is 4.98 Å². The lowest BCUT2D eigenvalue weighted by Crippen LogP contribution is -2.14. The predicted octanol–water partition coefficient (Wildman–Crippen LogP) is 4.67. The summed E-state index contributed by atoms with van der Waals surface area (Å²) in [5.41, 5.74) is 4.36. The Morgan fingerprint density at radius 2 is 1.73 bits per heavy atom. The molecule has 1 fully saturated rings. The molecule has 1 aliphatic carbocycles. The number of aryl methyl sites for hydroxylation is 1. The Hall–Kier alpha value is -4.97. The summed E-state index contributed by atoms with van der Waals surface area (Å²) in [5, 5.41) is 15.1. The van der Waals surface area contributed by atoms with Crippen LogP contribution in [0.5, 0.6) is 0 Å². The van der Waals surface area contributed by atoms with Gasteiger partial charge in [-0.3, -0.25) is 14.6 Å². The first-order valence-electron chi connectivity index (χ1n) is 11.7. The van der Waals surface area contributed by atoms with Crippen LogP contribution in [0, 0.1) is 18.3 Å². The van der Waals surface area contributed by atoms with Gasteiger partial charge in [0.1, 0.15) is 5.82 Å². The minimum atomic E-state index is -0.560. The van der Waals surface area contributed by atoms with Gasteiger partial charge in [-0.05, 0) is 67.8 Å². The molecule has 1 saturated carbocycles. The molecule has 2 N–H and O–H groups in total. The molecule has 0 spiro atoms. The van der Waals surface area contributed by atoms with Crippen LogP contribution in [-0.2, 0) is 10.2 Å². The van der Waals surface area contributed by atoms with Crippen LogP contribution in [0.1, 0.15) is 41.4 Å². The molecule has 1 aliphatic rings. The van der Waals surface area contributed by atoms with Crippen molar-refractivity contribution in [3.8, 4) is 28.7 Å². The SMILES string of the molecule is CC(=O)Nc1cc(-c2nccc(-c3cc(NC(=O)c4ccnc(C5(C#N)CC5)c4)ccc3C)n2)ccn1. The number of pyridine rings is 2. The molecule has 0 radical (unpaired) electrons. The first-order valence-corrected chi connectivity index (χ1v) is 11.7. The highest BCUT2D eigenvalue weighted by Gasteiger charge is 2.46. The molecule has 0 unspecified atom stereocenters. The van der Waals surface area contributed by atoms with E-state index in [2.05, 4.69) is 31.7 Å². The maximum atomic E-state index is 13.0. The Kier molecular flexibility index (Phi) is 6.15. The maximum Gasteiger partial charge on any atom is 0.255 e. The van der Waals surface area contributed by atoms with Gasteiger partial charge in [0, 0.05) is 47.9 Å². The van der Waals surface area contributed by atoms with Crippen LogP contribution in [0.15, 0.2) is 67.1 Å². The third-order valence-electron chi connectivity index (χ3n) is 6.23. The summed E-state index contributed by atoms with van der Waals surface area (Å²) in [7, 11) is 0. The highest BCUT2D eigenvalue weighted by Crippen LogP contribution is 2.46. The van der Waals surface area contributed by atoms with Crippen LogP contribution in [-0.4, -0.2) is 31.8 Å². The average Bonchev–Trinajstić information content (AvgIpc) is 3.71. The second-order valence-corrected chi connectivity index (χ2v) is 8.98. The van der Waals surface area contributed by atoms with E-state index < -0.39 is 5.41 Å². The molecular weight excluding hydrogens is 466 g/mol. The molecule has 3 aromatic heterocycles. The molecule has 2 amide bonds. The lowest BCUT2D eigenvalue weighted by molar-refractivity contribution is -0.114. The number of amides is 2. The third-order valence-corrected chi connectivity index (χ3v) is 6.23. The van der Waals surface area contributed by atoms with E-state index in [1.807, 2.05) is 25.1 Å². The summed E-state index contributed by atoms with van der Waals surface area (Å²) in [5.74, 6) is 0.407. The van der Waals surface area contributed by atoms with Crippen LogP contribution in [0.3, 0.4) is 0 Å². The van der Waals surface area contributed by atoms with Gasteiger partial charge < -0.3 is 10.6 Å². The number of anilines is 2. The molecule has 0 atom stereocenters. The number of nitrogens with zero attached hydrogens (tertiary/aromatic N) is 5. The van der Waals surface area contributed by atoms with Gasteiger partial charge in [-0.2, -0.15) is 5.26 Å². The van der Waals surface area contributed by atoms with E-state index in [-0.39, 0.29) is 11.8 Å². The molecule has 9 nitrogen and oxygen atoms in total. The van der Waals surface area contributed by atoms with Crippen molar-refractivity contribution in [1.82, 2.24) is 19.9 Å². The third kappa shape index (κ3) is 5.04. The number of rotatable bonds is 6. The molecule has 1 aromatic carbocycles. The second kappa shape index (κ2) is 9.59. The van der Waals surface area contributed by atoms with E-state index in [0.717, 1.165) is 24.0 Å². The molecule has 9 heteroatoms.